The Morgan fingerprint density at radius 1 is 1.47 bits per heavy atom. The van der Waals surface area contributed by atoms with E-state index in [2.05, 4.69) is 0 Å². The summed E-state index contributed by atoms with van der Waals surface area (Å²) in [5.74, 6) is 1.34. The number of hydrogen-bond acceptors (Lipinski definition) is 4. The molecule has 1 aliphatic rings. The first-order valence-electron chi connectivity index (χ1n) is 6.15. The zero-order chi connectivity index (χ0) is 14.3. The molecule has 0 saturated carbocycles. The molecule has 19 heavy (non-hydrogen) atoms. The molecule has 1 aromatic carbocycles. The van der Waals surface area contributed by atoms with Gasteiger partial charge in [0.25, 0.3) is 0 Å². The highest BCUT2D eigenvalue weighted by molar-refractivity contribution is 8.10. The molecule has 106 valence electrons. The second-order valence-electron chi connectivity index (χ2n) is 5.09. The van der Waals surface area contributed by atoms with Crippen molar-refractivity contribution in [1.29, 1.82) is 0 Å². The van der Waals surface area contributed by atoms with Crippen LogP contribution in [0.2, 0.25) is 5.02 Å². The summed E-state index contributed by atoms with van der Waals surface area (Å²) >= 11 is 11.6. The van der Waals surface area contributed by atoms with E-state index in [1.165, 1.54) is 0 Å². The molecule has 0 saturated heterocycles. The van der Waals surface area contributed by atoms with E-state index in [9.17, 15) is 0 Å². The number of rotatable bonds is 4. The van der Waals surface area contributed by atoms with E-state index >= 15 is 0 Å². The van der Waals surface area contributed by atoms with Crippen molar-refractivity contribution in [3.05, 3.63) is 22.7 Å². The quantitative estimate of drug-likeness (QED) is 0.768. The van der Waals surface area contributed by atoms with Crippen molar-refractivity contribution in [1.82, 2.24) is 0 Å². The van der Waals surface area contributed by atoms with Crippen LogP contribution in [0.4, 0.5) is 0 Å². The molecule has 3 nitrogen and oxygen atoms in total. The van der Waals surface area contributed by atoms with Gasteiger partial charge < -0.3 is 13.8 Å². The third-order valence-electron chi connectivity index (χ3n) is 3.05. The molecule has 0 bridgehead atoms. The SMILES string of the molecule is CCP(=S)(OC)Oc1ccc(Cl)c2c1OC(C)(C)C2. The molecule has 0 aromatic heterocycles. The first-order chi connectivity index (χ1) is 8.80. The van der Waals surface area contributed by atoms with E-state index < -0.39 is 6.49 Å². The van der Waals surface area contributed by atoms with Crippen LogP contribution in [0, 0.1) is 0 Å². The molecular formula is C13H18ClO3PS. The average Bonchev–Trinajstić information content (AvgIpc) is 2.69. The molecular weight excluding hydrogens is 303 g/mol. The zero-order valence-electron chi connectivity index (χ0n) is 11.5. The number of fused-ring (bicyclic) bond motifs is 1. The lowest BCUT2D eigenvalue weighted by Gasteiger charge is -2.22. The van der Waals surface area contributed by atoms with Gasteiger partial charge in [-0.25, -0.2) is 0 Å². The summed E-state index contributed by atoms with van der Waals surface area (Å²) in [6.45, 7) is 3.74. The molecule has 1 unspecified atom stereocenters. The van der Waals surface area contributed by atoms with Gasteiger partial charge in [0.1, 0.15) is 5.60 Å². The normalized spacial score (nSPS) is 19.4. The van der Waals surface area contributed by atoms with E-state index in [1.807, 2.05) is 26.8 Å². The first-order valence-corrected chi connectivity index (χ1v) is 9.35. The van der Waals surface area contributed by atoms with Crippen LogP contribution in [0.1, 0.15) is 26.3 Å². The molecule has 0 N–H and O–H groups in total. The molecule has 1 heterocycles. The molecule has 0 spiro atoms. The fourth-order valence-corrected chi connectivity index (χ4v) is 3.41. The van der Waals surface area contributed by atoms with Crippen LogP contribution in [0.5, 0.6) is 11.5 Å². The molecule has 1 atom stereocenters. The molecule has 6 heteroatoms. The van der Waals surface area contributed by atoms with E-state index in [4.69, 9.17) is 37.2 Å². The van der Waals surface area contributed by atoms with Crippen molar-refractivity contribution < 1.29 is 13.8 Å². The van der Waals surface area contributed by atoms with Crippen molar-refractivity contribution >= 4 is 29.9 Å². The van der Waals surface area contributed by atoms with Gasteiger partial charge in [0.05, 0.1) is 0 Å². The third-order valence-corrected chi connectivity index (χ3v) is 6.66. The predicted octanol–water partition coefficient (Wildman–Crippen LogP) is 4.41. The van der Waals surface area contributed by atoms with Crippen molar-refractivity contribution in [3.8, 4) is 11.5 Å². The molecule has 1 aromatic rings. The smallest absolute Gasteiger partial charge is 0.237 e. The minimum absolute atomic E-state index is 0.271. The summed E-state index contributed by atoms with van der Waals surface area (Å²) in [7, 11) is 1.59. The Bertz CT molecular complexity index is 537. The number of benzene rings is 1. The largest absolute Gasteiger partial charge is 0.483 e. The van der Waals surface area contributed by atoms with Gasteiger partial charge in [0, 0.05) is 30.3 Å². The standard InChI is InChI=1S/C13H18ClO3PS/c1-5-18(19,15-4)17-11-7-6-10(14)9-8-13(2,3)16-12(9)11/h6-7H,5,8H2,1-4H3. The van der Waals surface area contributed by atoms with Gasteiger partial charge in [0.15, 0.2) is 11.5 Å². The van der Waals surface area contributed by atoms with Gasteiger partial charge in [-0.15, -0.1) is 0 Å². The Balaban J connectivity index is 2.41. The second-order valence-corrected chi connectivity index (χ2v) is 9.57. The third kappa shape index (κ3) is 3.08. The Morgan fingerprint density at radius 2 is 2.16 bits per heavy atom. The predicted molar refractivity (Wildman–Crippen MR) is 82.3 cm³/mol. The number of ether oxygens (including phenoxy) is 1. The fraction of sp³-hybridized carbons (Fsp3) is 0.538. The molecule has 0 fully saturated rings. The zero-order valence-corrected chi connectivity index (χ0v) is 14.0. The van der Waals surface area contributed by atoms with Gasteiger partial charge in [-0.1, -0.05) is 18.5 Å². The molecule has 1 aliphatic heterocycles. The Kier molecular flexibility index (Phi) is 4.18. The van der Waals surface area contributed by atoms with E-state index in [0.29, 0.717) is 22.7 Å². The highest BCUT2D eigenvalue weighted by atomic mass is 35.5. The average molecular weight is 321 g/mol. The van der Waals surface area contributed by atoms with Crippen LogP contribution in [-0.4, -0.2) is 18.9 Å². The Morgan fingerprint density at radius 3 is 2.74 bits per heavy atom. The maximum Gasteiger partial charge on any atom is 0.237 e. The van der Waals surface area contributed by atoms with Crippen LogP contribution in [0.3, 0.4) is 0 Å². The van der Waals surface area contributed by atoms with E-state index in [-0.39, 0.29) is 5.60 Å². The summed E-state index contributed by atoms with van der Waals surface area (Å²) < 4.78 is 17.2. The maximum absolute atomic E-state index is 6.22. The molecule has 0 radical (unpaired) electrons. The Hall–Kier alpha value is -0.280. The van der Waals surface area contributed by atoms with Gasteiger partial charge in [-0.2, -0.15) is 0 Å². The Labute approximate surface area is 124 Å². The highest BCUT2D eigenvalue weighted by Crippen LogP contribution is 2.53. The second kappa shape index (κ2) is 5.25. The lowest BCUT2D eigenvalue weighted by Crippen LogP contribution is -2.24. The molecule has 2 rings (SSSR count). The van der Waals surface area contributed by atoms with Crippen LogP contribution >= 0.6 is 18.1 Å². The van der Waals surface area contributed by atoms with Gasteiger partial charge in [-0.3, -0.25) is 0 Å². The van der Waals surface area contributed by atoms with Crippen LogP contribution < -0.4 is 9.26 Å². The minimum atomic E-state index is -2.28. The summed E-state index contributed by atoms with van der Waals surface area (Å²) in [6, 6.07) is 3.63. The van der Waals surface area contributed by atoms with Crippen LogP contribution in [0.25, 0.3) is 0 Å². The topological polar surface area (TPSA) is 27.7 Å². The first kappa shape index (κ1) is 15.1. The summed E-state index contributed by atoms with van der Waals surface area (Å²) in [6.07, 6.45) is 1.43. The van der Waals surface area contributed by atoms with Crippen molar-refractivity contribution in [2.45, 2.75) is 32.8 Å². The lowest BCUT2D eigenvalue weighted by atomic mass is 10.0. The van der Waals surface area contributed by atoms with Gasteiger partial charge >= 0.3 is 0 Å². The summed E-state index contributed by atoms with van der Waals surface area (Å²) in [5, 5.41) is 0.704. The van der Waals surface area contributed by atoms with Crippen LogP contribution in [-0.2, 0) is 22.8 Å². The van der Waals surface area contributed by atoms with Crippen LogP contribution in [0.15, 0.2) is 12.1 Å². The van der Waals surface area contributed by atoms with E-state index in [0.717, 1.165) is 12.0 Å². The lowest BCUT2D eigenvalue weighted by molar-refractivity contribution is 0.135. The summed E-state index contributed by atoms with van der Waals surface area (Å²) in [5.41, 5.74) is 0.714. The van der Waals surface area contributed by atoms with Crippen molar-refractivity contribution in [2.24, 2.45) is 0 Å². The van der Waals surface area contributed by atoms with Crippen molar-refractivity contribution in [2.75, 3.05) is 13.3 Å². The number of hydrogen-bond donors (Lipinski definition) is 0. The highest BCUT2D eigenvalue weighted by Gasteiger charge is 2.35. The minimum Gasteiger partial charge on any atom is -0.483 e. The van der Waals surface area contributed by atoms with Gasteiger partial charge in [-0.05, 0) is 37.8 Å². The summed E-state index contributed by atoms with van der Waals surface area (Å²) in [4.78, 5) is 0. The monoisotopic (exact) mass is 320 g/mol. The number of halogens is 1. The van der Waals surface area contributed by atoms with Crippen molar-refractivity contribution in [3.63, 3.8) is 0 Å². The fourth-order valence-electron chi connectivity index (χ4n) is 2.05. The molecule has 0 amide bonds. The van der Waals surface area contributed by atoms with Gasteiger partial charge in [0.2, 0.25) is 6.49 Å². The molecule has 0 aliphatic carbocycles. The van der Waals surface area contributed by atoms with E-state index in [1.54, 1.807) is 13.2 Å². The maximum atomic E-state index is 6.22.